The number of H-pyrrole nitrogens is 1. The molecular formula is C19H16FNO3. The number of hydrogen-bond donors (Lipinski definition) is 1. The third kappa shape index (κ3) is 3.20. The quantitative estimate of drug-likeness (QED) is 0.743. The van der Waals surface area contributed by atoms with E-state index < -0.39 is 5.97 Å². The molecule has 24 heavy (non-hydrogen) atoms. The third-order valence-corrected chi connectivity index (χ3v) is 3.54. The van der Waals surface area contributed by atoms with E-state index in [1.54, 1.807) is 38.1 Å². The normalized spacial score (nSPS) is 11.0. The fourth-order valence-corrected chi connectivity index (χ4v) is 2.47. The van der Waals surface area contributed by atoms with Crippen LogP contribution in [0.1, 0.15) is 24.2 Å². The molecule has 0 radical (unpaired) electrons. The Morgan fingerprint density at radius 1 is 1.12 bits per heavy atom. The van der Waals surface area contributed by atoms with Crippen molar-refractivity contribution in [2.75, 3.05) is 0 Å². The van der Waals surface area contributed by atoms with E-state index in [9.17, 15) is 14.0 Å². The van der Waals surface area contributed by atoms with Crippen LogP contribution in [0.25, 0.3) is 22.2 Å². The average molecular weight is 325 g/mol. The van der Waals surface area contributed by atoms with Crippen LogP contribution in [0.4, 0.5) is 4.39 Å². The van der Waals surface area contributed by atoms with Crippen LogP contribution in [0.2, 0.25) is 0 Å². The molecule has 1 N–H and O–H groups in total. The number of esters is 1. The molecule has 0 amide bonds. The average Bonchev–Trinajstić information content (AvgIpc) is 2.54. The lowest BCUT2D eigenvalue weighted by Gasteiger charge is -2.09. The van der Waals surface area contributed by atoms with Gasteiger partial charge in [-0.1, -0.05) is 12.1 Å². The number of nitrogens with one attached hydrogen (secondary N) is 1. The summed E-state index contributed by atoms with van der Waals surface area (Å²) in [5.41, 5.74) is 1.74. The Bertz CT molecular complexity index is 976. The molecule has 0 bridgehead atoms. The van der Waals surface area contributed by atoms with Gasteiger partial charge in [0.05, 0.1) is 11.7 Å². The number of pyridine rings is 1. The predicted octanol–water partition coefficient (Wildman–Crippen LogP) is 3.90. The molecule has 2 aromatic carbocycles. The van der Waals surface area contributed by atoms with Gasteiger partial charge in [-0.05, 0) is 44.2 Å². The minimum absolute atomic E-state index is 0.234. The number of halogens is 1. The van der Waals surface area contributed by atoms with Crippen molar-refractivity contribution in [3.05, 3.63) is 70.1 Å². The van der Waals surface area contributed by atoms with E-state index in [-0.39, 0.29) is 17.3 Å². The summed E-state index contributed by atoms with van der Waals surface area (Å²) >= 11 is 0. The maximum absolute atomic E-state index is 13.4. The molecule has 0 unspecified atom stereocenters. The second-order valence-corrected chi connectivity index (χ2v) is 5.77. The van der Waals surface area contributed by atoms with E-state index in [1.165, 1.54) is 24.3 Å². The Hall–Kier alpha value is -2.95. The Labute approximate surface area is 137 Å². The number of carbonyl (C=O) groups excluding carboxylic acids is 1. The van der Waals surface area contributed by atoms with Crippen molar-refractivity contribution >= 4 is 16.9 Å². The molecular weight excluding hydrogens is 309 g/mol. The SMILES string of the molecule is CC(C)OC(=O)c1ccc2[nH]c(-c3cccc(F)c3)cc(=O)c2c1. The van der Waals surface area contributed by atoms with Crippen molar-refractivity contribution in [3.63, 3.8) is 0 Å². The van der Waals surface area contributed by atoms with Crippen LogP contribution in [-0.4, -0.2) is 17.1 Å². The Kier molecular flexibility index (Phi) is 4.16. The number of benzene rings is 2. The monoisotopic (exact) mass is 325 g/mol. The van der Waals surface area contributed by atoms with E-state index >= 15 is 0 Å². The summed E-state index contributed by atoms with van der Waals surface area (Å²) < 4.78 is 18.5. The van der Waals surface area contributed by atoms with Gasteiger partial charge in [-0.25, -0.2) is 9.18 Å². The second-order valence-electron chi connectivity index (χ2n) is 5.77. The molecule has 0 aliphatic heterocycles. The smallest absolute Gasteiger partial charge is 0.338 e. The molecule has 0 spiro atoms. The highest BCUT2D eigenvalue weighted by Gasteiger charge is 2.12. The van der Waals surface area contributed by atoms with Gasteiger partial charge in [0.2, 0.25) is 0 Å². The van der Waals surface area contributed by atoms with Crippen LogP contribution in [0.15, 0.2) is 53.3 Å². The van der Waals surface area contributed by atoms with Crippen LogP contribution in [0.5, 0.6) is 0 Å². The van der Waals surface area contributed by atoms with Gasteiger partial charge in [0.15, 0.2) is 5.43 Å². The fraction of sp³-hybridized carbons (Fsp3) is 0.158. The first-order chi connectivity index (χ1) is 11.4. The van der Waals surface area contributed by atoms with Crippen LogP contribution in [0, 0.1) is 5.82 Å². The molecule has 0 saturated heterocycles. The molecule has 5 heteroatoms. The van der Waals surface area contributed by atoms with E-state index in [4.69, 9.17) is 4.74 Å². The summed E-state index contributed by atoms with van der Waals surface area (Å²) in [5.74, 6) is -0.847. The predicted molar refractivity (Wildman–Crippen MR) is 90.5 cm³/mol. The first-order valence-corrected chi connectivity index (χ1v) is 7.58. The van der Waals surface area contributed by atoms with Gasteiger partial charge in [-0.15, -0.1) is 0 Å². The van der Waals surface area contributed by atoms with Gasteiger partial charge in [-0.3, -0.25) is 4.79 Å². The van der Waals surface area contributed by atoms with Crippen molar-refractivity contribution in [2.24, 2.45) is 0 Å². The Morgan fingerprint density at radius 2 is 1.92 bits per heavy atom. The number of carbonyl (C=O) groups is 1. The molecule has 0 atom stereocenters. The maximum Gasteiger partial charge on any atom is 0.338 e. The van der Waals surface area contributed by atoms with Crippen molar-refractivity contribution in [3.8, 4) is 11.3 Å². The third-order valence-electron chi connectivity index (χ3n) is 3.54. The number of rotatable bonds is 3. The lowest BCUT2D eigenvalue weighted by molar-refractivity contribution is 0.0378. The number of ether oxygens (including phenoxy) is 1. The van der Waals surface area contributed by atoms with Crippen LogP contribution in [-0.2, 0) is 4.74 Å². The summed E-state index contributed by atoms with van der Waals surface area (Å²) in [6.45, 7) is 3.52. The molecule has 0 aliphatic carbocycles. The van der Waals surface area contributed by atoms with Crippen molar-refractivity contribution in [2.45, 2.75) is 20.0 Å². The van der Waals surface area contributed by atoms with Crippen molar-refractivity contribution in [1.82, 2.24) is 4.98 Å². The highest BCUT2D eigenvalue weighted by molar-refractivity contribution is 5.94. The van der Waals surface area contributed by atoms with Gasteiger partial charge < -0.3 is 9.72 Å². The van der Waals surface area contributed by atoms with Crippen LogP contribution < -0.4 is 5.43 Å². The number of aromatic amines is 1. The molecule has 1 aromatic heterocycles. The Balaban J connectivity index is 2.07. The summed E-state index contributed by atoms with van der Waals surface area (Å²) in [6, 6.07) is 12.1. The van der Waals surface area contributed by atoms with Gasteiger partial charge in [-0.2, -0.15) is 0 Å². The molecule has 0 aliphatic rings. The highest BCUT2D eigenvalue weighted by Crippen LogP contribution is 2.20. The molecule has 3 rings (SSSR count). The lowest BCUT2D eigenvalue weighted by atomic mass is 10.1. The number of hydrogen-bond acceptors (Lipinski definition) is 3. The van der Waals surface area contributed by atoms with E-state index in [0.717, 1.165) is 0 Å². The van der Waals surface area contributed by atoms with E-state index in [1.807, 2.05) is 0 Å². The molecule has 4 nitrogen and oxygen atoms in total. The van der Waals surface area contributed by atoms with E-state index in [0.29, 0.717) is 27.7 Å². The lowest BCUT2D eigenvalue weighted by Crippen LogP contribution is -2.12. The van der Waals surface area contributed by atoms with Gasteiger partial charge in [0, 0.05) is 28.2 Å². The van der Waals surface area contributed by atoms with Crippen LogP contribution in [0.3, 0.4) is 0 Å². The first kappa shape index (κ1) is 15.9. The zero-order valence-corrected chi connectivity index (χ0v) is 13.3. The number of aromatic nitrogens is 1. The fourth-order valence-electron chi connectivity index (χ4n) is 2.47. The van der Waals surface area contributed by atoms with Gasteiger partial charge in [0.1, 0.15) is 5.82 Å². The highest BCUT2D eigenvalue weighted by atomic mass is 19.1. The zero-order valence-electron chi connectivity index (χ0n) is 13.3. The summed E-state index contributed by atoms with van der Waals surface area (Å²) in [4.78, 5) is 27.4. The summed E-state index contributed by atoms with van der Waals surface area (Å²) in [6.07, 6.45) is -0.234. The summed E-state index contributed by atoms with van der Waals surface area (Å²) in [5, 5.41) is 0.383. The Morgan fingerprint density at radius 3 is 2.62 bits per heavy atom. The molecule has 1 heterocycles. The van der Waals surface area contributed by atoms with Gasteiger partial charge >= 0.3 is 5.97 Å². The minimum atomic E-state index is -0.472. The van der Waals surface area contributed by atoms with Crippen molar-refractivity contribution in [1.29, 1.82) is 0 Å². The molecule has 0 fully saturated rings. The topological polar surface area (TPSA) is 59.2 Å². The summed E-state index contributed by atoms with van der Waals surface area (Å²) in [7, 11) is 0. The molecule has 0 saturated carbocycles. The first-order valence-electron chi connectivity index (χ1n) is 7.58. The van der Waals surface area contributed by atoms with E-state index in [2.05, 4.69) is 4.98 Å². The minimum Gasteiger partial charge on any atom is -0.459 e. The zero-order chi connectivity index (χ0) is 17.3. The standard InChI is InChI=1S/C19H16FNO3/c1-11(2)24-19(23)13-6-7-16-15(9-13)18(22)10-17(21-16)12-4-3-5-14(20)8-12/h3-11H,1-2H3,(H,21,22). The van der Waals surface area contributed by atoms with Crippen molar-refractivity contribution < 1.29 is 13.9 Å². The number of fused-ring (bicyclic) bond motifs is 1. The molecule has 122 valence electrons. The van der Waals surface area contributed by atoms with Crippen LogP contribution >= 0.6 is 0 Å². The molecule has 3 aromatic rings. The van der Waals surface area contributed by atoms with Gasteiger partial charge in [0.25, 0.3) is 0 Å². The second kappa shape index (κ2) is 6.28. The maximum atomic E-state index is 13.4. The largest absolute Gasteiger partial charge is 0.459 e.